The van der Waals surface area contributed by atoms with Gasteiger partial charge in [0.2, 0.25) is 11.8 Å². The molecule has 1 N–H and O–H groups in total. The molecule has 3 aromatic carbocycles. The number of nitrogens with one attached hydrogen (secondary N) is 1. The summed E-state index contributed by atoms with van der Waals surface area (Å²) in [6.07, 6.45) is 0.779. The van der Waals surface area contributed by atoms with Crippen molar-refractivity contribution in [3.63, 3.8) is 0 Å². The van der Waals surface area contributed by atoms with Crippen LogP contribution < -0.4 is 24.4 Å². The molecule has 0 aliphatic carbocycles. The number of fused-ring (bicyclic) bond motifs is 1. The molecule has 0 bridgehead atoms. The molecule has 0 aliphatic rings. The van der Waals surface area contributed by atoms with Crippen molar-refractivity contribution in [2.24, 2.45) is 5.92 Å². The number of anilines is 1. The Balaban J connectivity index is 1.88. The van der Waals surface area contributed by atoms with Gasteiger partial charge in [0.1, 0.15) is 23.9 Å². The molecular formula is C30H35N5O5. The minimum Gasteiger partial charge on any atom is -0.495 e. The van der Waals surface area contributed by atoms with Gasteiger partial charge in [0.15, 0.2) is 11.5 Å². The zero-order chi connectivity index (χ0) is 28.6. The first-order chi connectivity index (χ1) is 19.4. The Morgan fingerprint density at radius 2 is 1.60 bits per heavy atom. The summed E-state index contributed by atoms with van der Waals surface area (Å²) in [4.78, 5) is 29.8. The largest absolute Gasteiger partial charge is 0.495 e. The fourth-order valence-electron chi connectivity index (χ4n) is 4.59. The predicted octanol–water partition coefficient (Wildman–Crippen LogP) is 4.39. The lowest BCUT2D eigenvalue weighted by Gasteiger charge is -2.33. The van der Waals surface area contributed by atoms with Crippen LogP contribution in [0.5, 0.6) is 17.2 Å². The molecule has 10 heteroatoms. The van der Waals surface area contributed by atoms with Crippen molar-refractivity contribution in [2.75, 3.05) is 32.8 Å². The highest BCUT2D eigenvalue weighted by atomic mass is 16.5. The second-order valence-electron chi connectivity index (χ2n) is 9.63. The van der Waals surface area contributed by atoms with Crippen LogP contribution in [0.1, 0.15) is 31.9 Å². The summed E-state index contributed by atoms with van der Waals surface area (Å²) in [5.74, 6) is 0.852. The zero-order valence-electron chi connectivity index (χ0n) is 23.5. The van der Waals surface area contributed by atoms with Gasteiger partial charge in [0.25, 0.3) is 0 Å². The number of methoxy groups -OCH3 is 3. The van der Waals surface area contributed by atoms with Gasteiger partial charge in [-0.25, -0.2) is 4.68 Å². The van der Waals surface area contributed by atoms with Crippen molar-refractivity contribution < 1.29 is 23.8 Å². The van der Waals surface area contributed by atoms with E-state index in [1.54, 1.807) is 42.5 Å². The average molecular weight is 546 g/mol. The van der Waals surface area contributed by atoms with Gasteiger partial charge in [0, 0.05) is 12.1 Å². The zero-order valence-corrected chi connectivity index (χ0v) is 23.5. The van der Waals surface area contributed by atoms with Crippen molar-refractivity contribution in [3.8, 4) is 17.2 Å². The molecule has 0 aliphatic heterocycles. The Labute approximate surface area is 233 Å². The summed E-state index contributed by atoms with van der Waals surface area (Å²) in [6.45, 7) is 4.45. The Morgan fingerprint density at radius 1 is 0.900 bits per heavy atom. The Bertz CT molecular complexity index is 1470. The van der Waals surface area contributed by atoms with Crippen LogP contribution in [0.3, 0.4) is 0 Å². The monoisotopic (exact) mass is 545 g/mol. The number of nitrogens with zero attached hydrogens (tertiary/aromatic N) is 4. The molecule has 1 heterocycles. The van der Waals surface area contributed by atoms with Crippen LogP contribution in [-0.4, -0.2) is 54.7 Å². The number of hydrogen-bond acceptors (Lipinski definition) is 7. The third-order valence-electron chi connectivity index (χ3n) is 6.57. The maximum atomic E-state index is 14.3. The Hall–Kier alpha value is -4.60. The highest BCUT2D eigenvalue weighted by Crippen LogP contribution is 2.41. The molecule has 0 fully saturated rings. The summed E-state index contributed by atoms with van der Waals surface area (Å²) < 4.78 is 18.4. The summed E-state index contributed by atoms with van der Waals surface area (Å²) >= 11 is 0. The first-order valence-electron chi connectivity index (χ1n) is 13.1. The highest BCUT2D eigenvalue weighted by molar-refractivity contribution is 6.03. The van der Waals surface area contributed by atoms with Crippen molar-refractivity contribution in [1.29, 1.82) is 0 Å². The smallest absolute Gasteiger partial charge is 0.249 e. The lowest BCUT2D eigenvalue weighted by atomic mass is 10.0. The van der Waals surface area contributed by atoms with Gasteiger partial charge in [-0.3, -0.25) is 14.5 Å². The van der Waals surface area contributed by atoms with E-state index < -0.39 is 11.9 Å². The van der Waals surface area contributed by atoms with Crippen molar-refractivity contribution in [1.82, 2.24) is 20.3 Å². The van der Waals surface area contributed by atoms with Crippen LogP contribution in [0.15, 0.2) is 66.7 Å². The highest BCUT2D eigenvalue weighted by Gasteiger charge is 2.37. The second-order valence-corrected chi connectivity index (χ2v) is 9.63. The van der Waals surface area contributed by atoms with Gasteiger partial charge in [0.05, 0.1) is 32.5 Å². The lowest BCUT2D eigenvalue weighted by Crippen LogP contribution is -2.46. The number of hydrogen-bond donors (Lipinski definition) is 1. The van der Waals surface area contributed by atoms with Crippen LogP contribution >= 0.6 is 0 Å². The van der Waals surface area contributed by atoms with Gasteiger partial charge in [-0.2, -0.15) is 0 Å². The van der Waals surface area contributed by atoms with Crippen LogP contribution in [-0.2, 0) is 16.1 Å². The van der Waals surface area contributed by atoms with Crippen molar-refractivity contribution in [3.05, 3.63) is 72.3 Å². The van der Waals surface area contributed by atoms with E-state index in [1.165, 1.54) is 30.9 Å². The molecule has 0 saturated carbocycles. The Morgan fingerprint density at radius 3 is 2.33 bits per heavy atom. The van der Waals surface area contributed by atoms with Crippen LogP contribution in [0.4, 0.5) is 5.69 Å². The fraction of sp³-hybridized carbons (Fsp3) is 0.333. The van der Waals surface area contributed by atoms with Gasteiger partial charge >= 0.3 is 0 Å². The summed E-state index contributed by atoms with van der Waals surface area (Å²) in [5, 5.41) is 11.4. The molecule has 0 radical (unpaired) electrons. The number of amides is 2. The van der Waals surface area contributed by atoms with E-state index in [1.807, 2.05) is 24.3 Å². The topological polar surface area (TPSA) is 108 Å². The van der Waals surface area contributed by atoms with Crippen LogP contribution in [0.2, 0.25) is 0 Å². The van der Waals surface area contributed by atoms with E-state index in [9.17, 15) is 9.59 Å². The van der Waals surface area contributed by atoms with Crippen molar-refractivity contribution >= 4 is 28.5 Å². The molecular weight excluding hydrogens is 510 g/mol. The standard InChI is InChI=1S/C30H35N5O5/c1-20(2)17-18-31-30(37)28(21-11-10-16-26(39-4)29(21)40-5)35(24-14-8-9-15-25(24)38-3)27(36)19-34-23-13-7-6-12-22(23)32-33-34/h6-16,20,28H,17-19H2,1-5H3,(H,31,37)/t28-/m0/s1. The van der Waals surface area contributed by atoms with Gasteiger partial charge in [-0.1, -0.05) is 55.5 Å². The molecule has 0 spiro atoms. The molecule has 1 atom stereocenters. The number of carbonyl (C=O) groups excluding carboxylic acids is 2. The number of benzene rings is 3. The van der Waals surface area contributed by atoms with Crippen LogP contribution in [0, 0.1) is 5.92 Å². The van der Waals surface area contributed by atoms with Gasteiger partial charge in [-0.05, 0) is 42.7 Å². The van der Waals surface area contributed by atoms with E-state index >= 15 is 0 Å². The number of rotatable bonds is 12. The first-order valence-corrected chi connectivity index (χ1v) is 13.1. The molecule has 210 valence electrons. The predicted molar refractivity (Wildman–Crippen MR) is 153 cm³/mol. The molecule has 4 rings (SSSR count). The van der Waals surface area contributed by atoms with E-state index in [0.29, 0.717) is 52.0 Å². The minimum atomic E-state index is -1.12. The minimum absolute atomic E-state index is 0.166. The molecule has 0 unspecified atom stereocenters. The van der Waals surface area contributed by atoms with Gasteiger partial charge < -0.3 is 19.5 Å². The summed E-state index contributed by atoms with van der Waals surface area (Å²) in [6, 6.07) is 18.6. The first kappa shape index (κ1) is 28.4. The number of aromatic nitrogens is 3. The molecule has 4 aromatic rings. The second kappa shape index (κ2) is 13.0. The summed E-state index contributed by atoms with van der Waals surface area (Å²) in [5.41, 5.74) is 2.25. The SMILES string of the molecule is COc1ccccc1N(C(=O)Cn1nnc2ccccc21)[C@H](C(=O)NCCC(C)C)c1cccc(OC)c1OC. The molecule has 40 heavy (non-hydrogen) atoms. The molecule has 0 saturated heterocycles. The number of para-hydroxylation sites is 4. The lowest BCUT2D eigenvalue weighted by molar-refractivity contribution is -0.127. The maximum absolute atomic E-state index is 14.3. The van der Waals surface area contributed by atoms with E-state index in [0.717, 1.165) is 6.42 Å². The van der Waals surface area contributed by atoms with E-state index in [-0.39, 0.29) is 12.5 Å². The Kier molecular flexibility index (Phi) is 9.21. The molecule has 10 nitrogen and oxygen atoms in total. The third-order valence-corrected chi connectivity index (χ3v) is 6.57. The average Bonchev–Trinajstić information content (AvgIpc) is 3.37. The normalized spacial score (nSPS) is 11.8. The van der Waals surface area contributed by atoms with E-state index in [4.69, 9.17) is 14.2 Å². The van der Waals surface area contributed by atoms with E-state index in [2.05, 4.69) is 29.5 Å². The summed E-state index contributed by atoms with van der Waals surface area (Å²) in [7, 11) is 4.56. The third kappa shape index (κ3) is 6.01. The molecule has 1 aromatic heterocycles. The van der Waals surface area contributed by atoms with Crippen molar-refractivity contribution in [2.45, 2.75) is 32.9 Å². The maximum Gasteiger partial charge on any atom is 0.249 e. The number of carbonyl (C=O) groups is 2. The van der Waals surface area contributed by atoms with Gasteiger partial charge in [-0.15, -0.1) is 5.10 Å². The number of ether oxygens (including phenoxy) is 3. The quantitative estimate of drug-likeness (QED) is 0.281. The van der Waals surface area contributed by atoms with Crippen LogP contribution in [0.25, 0.3) is 11.0 Å². The fourth-order valence-corrected chi connectivity index (χ4v) is 4.59. The molecule has 2 amide bonds.